The fourth-order valence-electron chi connectivity index (χ4n) is 2.49. The molecule has 0 unspecified atom stereocenters. The predicted octanol–water partition coefficient (Wildman–Crippen LogP) is 5.31. The topological polar surface area (TPSA) is 38.3 Å². The summed E-state index contributed by atoms with van der Waals surface area (Å²) >= 11 is 7.32. The van der Waals surface area contributed by atoms with Crippen molar-refractivity contribution in [2.24, 2.45) is 0 Å². The van der Waals surface area contributed by atoms with Crippen molar-refractivity contribution in [3.63, 3.8) is 0 Å². The molecule has 1 N–H and O–H groups in total. The molecule has 0 spiro atoms. The molecular formula is C20H18ClNO2S. The zero-order valence-corrected chi connectivity index (χ0v) is 15.6. The van der Waals surface area contributed by atoms with Crippen LogP contribution in [0.2, 0.25) is 5.02 Å². The first-order valence-corrected chi connectivity index (χ1v) is 9.06. The summed E-state index contributed by atoms with van der Waals surface area (Å²) in [6, 6.07) is 17.5. The highest BCUT2D eigenvalue weighted by atomic mass is 35.5. The van der Waals surface area contributed by atoms with Crippen molar-refractivity contribution in [1.82, 2.24) is 4.72 Å². The third-order valence-electron chi connectivity index (χ3n) is 3.75. The zero-order chi connectivity index (χ0) is 17.8. The normalized spacial score (nSPS) is 10.7. The lowest BCUT2D eigenvalue weighted by Gasteiger charge is -2.09. The molecule has 3 aromatic carbocycles. The van der Waals surface area contributed by atoms with E-state index < -0.39 is 0 Å². The second-order valence-corrected chi connectivity index (χ2v) is 7.12. The molecule has 0 fully saturated rings. The number of ether oxygens (including phenoxy) is 1. The Bertz CT molecular complexity index is 927. The summed E-state index contributed by atoms with van der Waals surface area (Å²) in [5.41, 5.74) is 2.34. The maximum absolute atomic E-state index is 12.0. The van der Waals surface area contributed by atoms with E-state index in [1.165, 1.54) is 17.5 Å². The Hall–Kier alpha value is -2.17. The van der Waals surface area contributed by atoms with E-state index in [1.807, 2.05) is 62.4 Å². The maximum atomic E-state index is 12.0. The van der Waals surface area contributed by atoms with Crippen LogP contribution >= 0.6 is 23.5 Å². The van der Waals surface area contributed by atoms with Gasteiger partial charge in [0.05, 0.1) is 0 Å². The van der Waals surface area contributed by atoms with Gasteiger partial charge in [-0.1, -0.05) is 41.4 Å². The molecule has 1 amide bonds. The zero-order valence-electron chi connectivity index (χ0n) is 14.0. The third kappa shape index (κ3) is 4.68. The first kappa shape index (κ1) is 17.6. The molecule has 25 heavy (non-hydrogen) atoms. The van der Waals surface area contributed by atoms with Gasteiger partial charge in [0.2, 0.25) is 0 Å². The third-order valence-corrected chi connectivity index (χ3v) is 4.99. The minimum Gasteiger partial charge on any atom is -0.484 e. The van der Waals surface area contributed by atoms with Gasteiger partial charge in [-0.2, -0.15) is 0 Å². The number of benzene rings is 3. The van der Waals surface area contributed by atoms with Gasteiger partial charge < -0.3 is 4.74 Å². The number of rotatable bonds is 5. The average Bonchev–Trinajstić information content (AvgIpc) is 2.58. The maximum Gasteiger partial charge on any atom is 0.267 e. The number of halogens is 1. The highest BCUT2D eigenvalue weighted by molar-refractivity contribution is 7.98. The lowest BCUT2D eigenvalue weighted by molar-refractivity contribution is -0.121. The van der Waals surface area contributed by atoms with E-state index in [2.05, 4.69) is 10.8 Å². The Morgan fingerprint density at radius 3 is 2.64 bits per heavy atom. The molecule has 0 saturated carbocycles. The summed E-state index contributed by atoms with van der Waals surface area (Å²) in [5, 5.41) is 2.73. The summed E-state index contributed by atoms with van der Waals surface area (Å²) in [6.45, 7) is 4.03. The van der Waals surface area contributed by atoms with Crippen molar-refractivity contribution in [3.05, 3.63) is 70.7 Å². The van der Waals surface area contributed by atoms with Crippen LogP contribution in [0.1, 0.15) is 11.1 Å². The predicted molar refractivity (Wildman–Crippen MR) is 104 cm³/mol. The van der Waals surface area contributed by atoms with Crippen molar-refractivity contribution < 1.29 is 9.53 Å². The number of fused-ring (bicyclic) bond motifs is 1. The van der Waals surface area contributed by atoms with E-state index in [9.17, 15) is 4.79 Å². The second-order valence-electron chi connectivity index (χ2n) is 5.84. The molecule has 3 nitrogen and oxygen atoms in total. The van der Waals surface area contributed by atoms with Crippen molar-refractivity contribution in [2.45, 2.75) is 18.7 Å². The van der Waals surface area contributed by atoms with Gasteiger partial charge in [0.25, 0.3) is 5.91 Å². The first-order valence-electron chi connectivity index (χ1n) is 7.86. The fraction of sp³-hybridized carbons (Fsp3) is 0.150. The van der Waals surface area contributed by atoms with Gasteiger partial charge in [0.1, 0.15) is 5.75 Å². The van der Waals surface area contributed by atoms with E-state index in [1.54, 1.807) is 0 Å². The molecular weight excluding hydrogens is 354 g/mol. The fourth-order valence-corrected chi connectivity index (χ4v) is 3.31. The smallest absolute Gasteiger partial charge is 0.267 e. The molecule has 3 rings (SSSR count). The number of hydrogen-bond donors (Lipinski definition) is 1. The van der Waals surface area contributed by atoms with Crippen molar-refractivity contribution in [1.29, 1.82) is 0 Å². The number of nitrogens with one attached hydrogen (secondary N) is 1. The van der Waals surface area contributed by atoms with Crippen LogP contribution in [0.25, 0.3) is 10.8 Å². The standard InChI is InChI=1S/C20H18ClNO2S/c1-13-3-8-19(14(2)9-13)25-22-20(23)12-24-18-7-5-15-4-6-17(21)10-16(15)11-18/h3-11H,12H2,1-2H3,(H,22,23). The van der Waals surface area contributed by atoms with Crippen LogP contribution in [-0.2, 0) is 4.79 Å². The quantitative estimate of drug-likeness (QED) is 0.617. The van der Waals surface area contributed by atoms with Gasteiger partial charge in [-0.25, -0.2) is 0 Å². The first-order chi connectivity index (χ1) is 12.0. The Morgan fingerprint density at radius 2 is 1.84 bits per heavy atom. The Balaban J connectivity index is 1.56. The minimum atomic E-state index is -0.184. The minimum absolute atomic E-state index is 0.0377. The van der Waals surface area contributed by atoms with Crippen LogP contribution in [0, 0.1) is 13.8 Å². The van der Waals surface area contributed by atoms with Crippen molar-refractivity contribution >= 4 is 40.2 Å². The van der Waals surface area contributed by atoms with Gasteiger partial charge in [-0.3, -0.25) is 9.52 Å². The molecule has 5 heteroatoms. The van der Waals surface area contributed by atoms with E-state index in [-0.39, 0.29) is 12.5 Å². The van der Waals surface area contributed by atoms with Crippen LogP contribution in [-0.4, -0.2) is 12.5 Å². The Kier molecular flexibility index (Phi) is 5.51. The van der Waals surface area contributed by atoms with Crippen LogP contribution < -0.4 is 9.46 Å². The molecule has 0 heterocycles. The number of hydrogen-bond acceptors (Lipinski definition) is 3. The summed E-state index contributed by atoms with van der Waals surface area (Å²) in [7, 11) is 0. The molecule has 3 aromatic rings. The molecule has 0 aromatic heterocycles. The largest absolute Gasteiger partial charge is 0.484 e. The van der Waals surface area contributed by atoms with Crippen LogP contribution in [0.4, 0.5) is 0 Å². The lowest BCUT2D eigenvalue weighted by Crippen LogP contribution is -2.23. The summed E-state index contributed by atoms with van der Waals surface area (Å²) in [6.07, 6.45) is 0. The number of carbonyl (C=O) groups excluding carboxylic acids is 1. The van der Waals surface area contributed by atoms with E-state index in [0.717, 1.165) is 21.2 Å². The Morgan fingerprint density at radius 1 is 1.04 bits per heavy atom. The lowest BCUT2D eigenvalue weighted by atomic mass is 10.1. The second kappa shape index (κ2) is 7.81. The molecule has 0 saturated heterocycles. The number of carbonyl (C=O) groups is 1. The summed E-state index contributed by atoms with van der Waals surface area (Å²) in [5.74, 6) is 0.456. The Labute approximate surface area is 156 Å². The van der Waals surface area contributed by atoms with E-state index >= 15 is 0 Å². The highest BCUT2D eigenvalue weighted by Crippen LogP contribution is 2.24. The van der Waals surface area contributed by atoms with Gasteiger partial charge in [0.15, 0.2) is 6.61 Å². The van der Waals surface area contributed by atoms with Crippen molar-refractivity contribution in [3.8, 4) is 5.75 Å². The molecule has 0 aliphatic rings. The number of aryl methyl sites for hydroxylation is 2. The number of amides is 1. The van der Waals surface area contributed by atoms with Crippen molar-refractivity contribution in [2.75, 3.05) is 6.61 Å². The van der Waals surface area contributed by atoms with Crippen LogP contribution in [0.3, 0.4) is 0 Å². The SMILES string of the molecule is Cc1ccc(SNC(=O)COc2ccc3ccc(Cl)cc3c2)c(C)c1. The molecule has 0 atom stereocenters. The summed E-state index contributed by atoms with van der Waals surface area (Å²) < 4.78 is 8.39. The van der Waals surface area contributed by atoms with Gasteiger partial charge >= 0.3 is 0 Å². The van der Waals surface area contributed by atoms with Gasteiger partial charge in [0, 0.05) is 9.92 Å². The summed E-state index contributed by atoms with van der Waals surface area (Å²) in [4.78, 5) is 13.0. The molecule has 128 valence electrons. The molecule has 0 aliphatic heterocycles. The van der Waals surface area contributed by atoms with Crippen LogP contribution in [0.5, 0.6) is 5.75 Å². The van der Waals surface area contributed by atoms with E-state index in [4.69, 9.17) is 16.3 Å². The highest BCUT2D eigenvalue weighted by Gasteiger charge is 2.06. The average molecular weight is 372 g/mol. The molecule has 0 aliphatic carbocycles. The van der Waals surface area contributed by atoms with Gasteiger partial charge in [-0.05, 0) is 72.5 Å². The monoisotopic (exact) mass is 371 g/mol. The van der Waals surface area contributed by atoms with E-state index in [0.29, 0.717) is 10.8 Å². The molecule has 0 bridgehead atoms. The van der Waals surface area contributed by atoms with Crippen LogP contribution in [0.15, 0.2) is 59.5 Å². The molecule has 0 radical (unpaired) electrons. The van der Waals surface area contributed by atoms with Gasteiger partial charge in [-0.15, -0.1) is 0 Å².